The first-order valence-corrected chi connectivity index (χ1v) is 6.45. The average Bonchev–Trinajstić information content (AvgIpc) is 3.13. The summed E-state index contributed by atoms with van der Waals surface area (Å²) in [5.41, 5.74) is 5.51. The van der Waals surface area contributed by atoms with Crippen LogP contribution in [0.1, 0.15) is 22.6 Å². The van der Waals surface area contributed by atoms with Gasteiger partial charge in [-0.15, -0.1) is 11.3 Å². The zero-order valence-corrected chi connectivity index (χ0v) is 10.4. The summed E-state index contributed by atoms with van der Waals surface area (Å²) in [4.78, 5) is 5.48. The van der Waals surface area contributed by atoms with E-state index in [1.165, 1.54) is 0 Å². The molecule has 0 amide bonds. The molecule has 5 nitrogen and oxygen atoms in total. The Hall–Kier alpha value is -1.92. The van der Waals surface area contributed by atoms with E-state index in [0.29, 0.717) is 11.7 Å². The second-order valence-corrected chi connectivity index (χ2v) is 4.78. The summed E-state index contributed by atoms with van der Waals surface area (Å²) in [5.74, 6) is 1.09. The maximum atomic E-state index is 5.51. The first-order valence-electron chi connectivity index (χ1n) is 5.57. The number of hydrogen-bond donors (Lipinski definition) is 1. The zero-order chi connectivity index (χ0) is 12.4. The third-order valence-electron chi connectivity index (χ3n) is 2.64. The predicted molar refractivity (Wildman–Crippen MR) is 68.2 cm³/mol. The average molecular weight is 260 g/mol. The van der Waals surface area contributed by atoms with Gasteiger partial charge in [0.25, 0.3) is 5.89 Å². The van der Waals surface area contributed by atoms with Crippen LogP contribution in [0.4, 0.5) is 0 Å². The molecule has 0 spiro atoms. The van der Waals surface area contributed by atoms with Crippen LogP contribution in [-0.2, 0) is 6.54 Å². The van der Waals surface area contributed by atoms with Crippen LogP contribution in [0.15, 0.2) is 46.6 Å². The van der Waals surface area contributed by atoms with Crippen molar-refractivity contribution in [1.82, 2.24) is 14.7 Å². The summed E-state index contributed by atoms with van der Waals surface area (Å²) < 4.78 is 7.35. The molecule has 18 heavy (non-hydrogen) atoms. The maximum absolute atomic E-state index is 5.51. The van der Waals surface area contributed by atoms with E-state index in [9.17, 15) is 0 Å². The van der Waals surface area contributed by atoms with Crippen LogP contribution in [0.3, 0.4) is 0 Å². The smallest absolute Gasteiger partial charge is 0.255 e. The van der Waals surface area contributed by atoms with Gasteiger partial charge in [-0.2, -0.15) is 4.98 Å². The molecule has 6 heteroatoms. The molecular formula is C12H12N4OS. The standard InChI is InChI=1S/C12H12N4OS/c13-8-10-14-12(17-15-10)11(9-4-3-7-18-9)16-5-1-2-6-16/h1-7,11H,8,13H2/t11-/m1/s1. The Kier molecular flexibility index (Phi) is 2.95. The van der Waals surface area contributed by atoms with Crippen LogP contribution in [0.2, 0.25) is 0 Å². The third kappa shape index (κ3) is 1.96. The highest BCUT2D eigenvalue weighted by molar-refractivity contribution is 7.10. The molecule has 0 aliphatic carbocycles. The van der Waals surface area contributed by atoms with Crippen molar-refractivity contribution in [3.05, 3.63) is 58.6 Å². The summed E-state index contributed by atoms with van der Waals surface area (Å²) >= 11 is 1.66. The van der Waals surface area contributed by atoms with Crippen LogP contribution < -0.4 is 5.73 Å². The SMILES string of the molecule is NCc1noc([C@@H](c2cccs2)n2cccc2)n1. The van der Waals surface area contributed by atoms with Crippen LogP contribution in [0, 0.1) is 0 Å². The molecule has 3 rings (SSSR count). The highest BCUT2D eigenvalue weighted by Crippen LogP contribution is 2.28. The summed E-state index contributed by atoms with van der Waals surface area (Å²) in [6.45, 7) is 0.284. The lowest BCUT2D eigenvalue weighted by Gasteiger charge is -2.12. The van der Waals surface area contributed by atoms with Gasteiger partial charge >= 0.3 is 0 Å². The van der Waals surface area contributed by atoms with E-state index in [0.717, 1.165) is 4.88 Å². The van der Waals surface area contributed by atoms with Gasteiger partial charge in [-0.25, -0.2) is 0 Å². The first-order chi connectivity index (χ1) is 8.88. The van der Waals surface area contributed by atoms with E-state index in [1.54, 1.807) is 11.3 Å². The molecule has 2 N–H and O–H groups in total. The van der Waals surface area contributed by atoms with Gasteiger partial charge in [0.05, 0.1) is 6.54 Å². The van der Waals surface area contributed by atoms with Gasteiger partial charge in [0.2, 0.25) is 0 Å². The Labute approximate surface area is 108 Å². The van der Waals surface area contributed by atoms with Crippen molar-refractivity contribution in [2.75, 3.05) is 0 Å². The lowest BCUT2D eigenvalue weighted by atomic mass is 10.2. The molecule has 1 atom stereocenters. The zero-order valence-electron chi connectivity index (χ0n) is 9.56. The van der Waals surface area contributed by atoms with Crippen LogP contribution in [-0.4, -0.2) is 14.7 Å². The molecular weight excluding hydrogens is 248 g/mol. The Morgan fingerprint density at radius 2 is 2.17 bits per heavy atom. The van der Waals surface area contributed by atoms with Gasteiger partial charge in [-0.05, 0) is 23.6 Å². The van der Waals surface area contributed by atoms with E-state index in [-0.39, 0.29) is 12.6 Å². The van der Waals surface area contributed by atoms with E-state index in [2.05, 4.69) is 16.2 Å². The lowest BCUT2D eigenvalue weighted by Crippen LogP contribution is -2.09. The lowest BCUT2D eigenvalue weighted by molar-refractivity contribution is 0.351. The minimum atomic E-state index is -0.0761. The number of thiophene rings is 1. The molecule has 0 bridgehead atoms. The molecule has 0 fully saturated rings. The topological polar surface area (TPSA) is 69.9 Å². The minimum absolute atomic E-state index is 0.0761. The van der Waals surface area contributed by atoms with Crippen molar-refractivity contribution in [2.45, 2.75) is 12.6 Å². The van der Waals surface area contributed by atoms with Crippen molar-refractivity contribution >= 4 is 11.3 Å². The Bertz CT molecular complexity index is 566. The minimum Gasteiger partial charge on any atom is -0.337 e. The van der Waals surface area contributed by atoms with Gasteiger partial charge in [-0.1, -0.05) is 11.2 Å². The monoisotopic (exact) mass is 260 g/mol. The number of hydrogen-bond acceptors (Lipinski definition) is 5. The summed E-state index contributed by atoms with van der Waals surface area (Å²) in [6, 6.07) is 7.94. The Morgan fingerprint density at radius 3 is 2.78 bits per heavy atom. The van der Waals surface area contributed by atoms with Gasteiger partial charge < -0.3 is 14.8 Å². The number of nitrogens with zero attached hydrogens (tertiary/aromatic N) is 3. The molecule has 0 saturated carbocycles. The fourth-order valence-corrected chi connectivity index (χ4v) is 2.65. The van der Waals surface area contributed by atoms with Gasteiger partial charge in [-0.3, -0.25) is 0 Å². The fraction of sp³-hybridized carbons (Fsp3) is 0.167. The third-order valence-corrected chi connectivity index (χ3v) is 3.56. The predicted octanol–water partition coefficient (Wildman–Crippen LogP) is 2.03. The van der Waals surface area contributed by atoms with Gasteiger partial charge in [0, 0.05) is 17.3 Å². The summed E-state index contributed by atoms with van der Waals surface area (Å²) in [7, 11) is 0. The molecule has 3 heterocycles. The van der Waals surface area contributed by atoms with Crippen molar-refractivity contribution in [3.63, 3.8) is 0 Å². The second kappa shape index (κ2) is 4.75. The quantitative estimate of drug-likeness (QED) is 0.779. The molecule has 0 aliphatic rings. The van der Waals surface area contributed by atoms with E-state index < -0.39 is 0 Å². The number of nitrogens with two attached hydrogens (primary N) is 1. The maximum Gasteiger partial charge on any atom is 0.255 e. The van der Waals surface area contributed by atoms with Crippen molar-refractivity contribution in [2.24, 2.45) is 5.73 Å². The van der Waals surface area contributed by atoms with E-state index in [1.807, 2.05) is 40.5 Å². The molecule has 3 aromatic heterocycles. The molecule has 92 valence electrons. The van der Waals surface area contributed by atoms with Crippen molar-refractivity contribution in [1.29, 1.82) is 0 Å². The van der Waals surface area contributed by atoms with Crippen LogP contribution >= 0.6 is 11.3 Å². The fourth-order valence-electron chi connectivity index (χ4n) is 1.82. The van der Waals surface area contributed by atoms with Crippen molar-refractivity contribution < 1.29 is 4.52 Å². The molecule has 0 aromatic carbocycles. The molecule has 3 aromatic rings. The van der Waals surface area contributed by atoms with Crippen LogP contribution in [0.5, 0.6) is 0 Å². The molecule has 0 aliphatic heterocycles. The highest BCUT2D eigenvalue weighted by Gasteiger charge is 2.22. The van der Waals surface area contributed by atoms with E-state index >= 15 is 0 Å². The van der Waals surface area contributed by atoms with E-state index in [4.69, 9.17) is 10.3 Å². The van der Waals surface area contributed by atoms with Crippen molar-refractivity contribution in [3.8, 4) is 0 Å². The summed E-state index contributed by atoms with van der Waals surface area (Å²) in [5, 5.41) is 5.89. The molecule has 0 saturated heterocycles. The van der Waals surface area contributed by atoms with Gasteiger partial charge in [0.15, 0.2) is 5.82 Å². The molecule has 0 radical (unpaired) electrons. The normalized spacial score (nSPS) is 12.7. The van der Waals surface area contributed by atoms with Gasteiger partial charge in [0.1, 0.15) is 6.04 Å². The number of rotatable bonds is 4. The largest absolute Gasteiger partial charge is 0.337 e. The Morgan fingerprint density at radius 1 is 1.33 bits per heavy atom. The second-order valence-electron chi connectivity index (χ2n) is 3.80. The highest BCUT2D eigenvalue weighted by atomic mass is 32.1. The summed E-state index contributed by atoms with van der Waals surface area (Å²) in [6.07, 6.45) is 3.97. The first kappa shape index (κ1) is 11.2. The Balaban J connectivity index is 2.05. The van der Waals surface area contributed by atoms with Crippen LogP contribution in [0.25, 0.3) is 0 Å². The number of aromatic nitrogens is 3. The molecule has 0 unspecified atom stereocenters.